The number of aliphatic imine (C=N–C) groups is 1. The molecule has 0 N–H and O–H groups in total. The molecular formula is C6H6N2O3. The molecule has 0 aromatic carbocycles. The Morgan fingerprint density at radius 2 is 2.27 bits per heavy atom. The van der Waals surface area contributed by atoms with E-state index in [0.717, 1.165) is 0 Å². The van der Waals surface area contributed by atoms with Gasteiger partial charge in [0, 0.05) is 5.71 Å². The van der Waals surface area contributed by atoms with E-state index >= 15 is 0 Å². The van der Waals surface area contributed by atoms with Crippen LogP contribution in [0.2, 0.25) is 0 Å². The van der Waals surface area contributed by atoms with Gasteiger partial charge in [-0.05, 0) is 19.1 Å². The maximum Gasteiger partial charge on any atom is 0.366 e. The van der Waals surface area contributed by atoms with Gasteiger partial charge in [0.15, 0.2) is 0 Å². The maximum absolute atomic E-state index is 10.7. The first-order chi connectivity index (χ1) is 5.11. The maximum atomic E-state index is 10.7. The molecule has 0 amide bonds. The minimum atomic E-state index is -1.42. The highest BCUT2D eigenvalue weighted by molar-refractivity contribution is 6.06. The summed E-state index contributed by atoms with van der Waals surface area (Å²) >= 11 is 0. The Bertz CT molecular complexity index is 267. The Morgan fingerprint density at radius 1 is 1.64 bits per heavy atom. The van der Waals surface area contributed by atoms with Gasteiger partial charge in [-0.1, -0.05) is 0 Å². The third-order valence-corrected chi connectivity index (χ3v) is 1.27. The number of allylic oxidation sites excluding steroid dienone is 1. The topological polar surface area (TPSA) is 72.6 Å². The summed E-state index contributed by atoms with van der Waals surface area (Å²) in [6, 6.07) is 0. The van der Waals surface area contributed by atoms with Gasteiger partial charge in [0.2, 0.25) is 0 Å². The molecule has 0 bridgehead atoms. The first-order valence-corrected chi connectivity index (χ1v) is 3.01. The summed E-state index contributed by atoms with van der Waals surface area (Å²) in [4.78, 5) is 23.7. The summed E-state index contributed by atoms with van der Waals surface area (Å²) in [5.74, 6) is -0.569. The molecule has 0 saturated carbocycles. The lowest BCUT2D eigenvalue weighted by Crippen LogP contribution is -2.29. The molecule has 1 aliphatic heterocycles. The van der Waals surface area contributed by atoms with Crippen LogP contribution in [0.1, 0.15) is 6.92 Å². The lowest BCUT2D eigenvalue weighted by molar-refractivity contribution is -0.504. The number of carbonyl (C=O) groups excluding carboxylic acids is 1. The Hall–Kier alpha value is -1.52. The standard InChI is InChI=1S/C6H6N2O3/c1-4-2-3-5(9)6(7-4)8(10)11/h2-3,6H,1H3. The number of nitro groups is 1. The van der Waals surface area contributed by atoms with E-state index in [1.165, 1.54) is 12.2 Å². The molecule has 0 aliphatic carbocycles. The van der Waals surface area contributed by atoms with Crippen molar-refractivity contribution in [1.29, 1.82) is 0 Å². The van der Waals surface area contributed by atoms with Gasteiger partial charge in [0.05, 0.1) is 4.92 Å². The number of rotatable bonds is 1. The average molecular weight is 154 g/mol. The highest BCUT2D eigenvalue weighted by Crippen LogP contribution is 2.03. The van der Waals surface area contributed by atoms with Crippen molar-refractivity contribution in [3.63, 3.8) is 0 Å². The second-order valence-corrected chi connectivity index (χ2v) is 2.17. The van der Waals surface area contributed by atoms with Crippen molar-refractivity contribution in [3.05, 3.63) is 22.3 Å². The number of nitrogens with zero attached hydrogens (tertiary/aromatic N) is 2. The molecule has 0 aromatic heterocycles. The predicted molar refractivity (Wildman–Crippen MR) is 38.0 cm³/mol. The van der Waals surface area contributed by atoms with Crippen LogP contribution in [0.15, 0.2) is 17.1 Å². The summed E-state index contributed by atoms with van der Waals surface area (Å²) in [7, 11) is 0. The molecule has 5 heteroatoms. The number of ketones is 1. The zero-order valence-electron chi connectivity index (χ0n) is 5.85. The lowest BCUT2D eigenvalue weighted by Gasteiger charge is -2.04. The van der Waals surface area contributed by atoms with Gasteiger partial charge in [-0.15, -0.1) is 0 Å². The van der Waals surface area contributed by atoms with Gasteiger partial charge < -0.3 is 0 Å². The van der Waals surface area contributed by atoms with Crippen LogP contribution in [0.3, 0.4) is 0 Å². The highest BCUT2D eigenvalue weighted by Gasteiger charge is 2.28. The van der Waals surface area contributed by atoms with E-state index in [1.54, 1.807) is 6.92 Å². The molecule has 1 aliphatic rings. The Balaban J connectivity index is 2.90. The van der Waals surface area contributed by atoms with Gasteiger partial charge >= 0.3 is 6.17 Å². The van der Waals surface area contributed by atoms with E-state index in [-0.39, 0.29) is 0 Å². The van der Waals surface area contributed by atoms with Crippen molar-refractivity contribution >= 4 is 11.5 Å². The van der Waals surface area contributed by atoms with Crippen molar-refractivity contribution in [2.24, 2.45) is 4.99 Å². The zero-order chi connectivity index (χ0) is 8.43. The summed E-state index contributed by atoms with van der Waals surface area (Å²) < 4.78 is 0. The Labute approximate surface area is 62.6 Å². The van der Waals surface area contributed by atoms with E-state index in [9.17, 15) is 14.9 Å². The van der Waals surface area contributed by atoms with Gasteiger partial charge in [0.25, 0.3) is 5.78 Å². The third-order valence-electron chi connectivity index (χ3n) is 1.27. The fourth-order valence-electron chi connectivity index (χ4n) is 0.739. The van der Waals surface area contributed by atoms with Crippen LogP contribution in [0.5, 0.6) is 0 Å². The summed E-state index contributed by atoms with van der Waals surface area (Å²) in [6.07, 6.45) is 1.22. The first-order valence-electron chi connectivity index (χ1n) is 3.01. The van der Waals surface area contributed by atoms with Crippen molar-refractivity contribution in [2.45, 2.75) is 13.1 Å². The van der Waals surface area contributed by atoms with E-state index in [4.69, 9.17) is 0 Å². The molecule has 58 valence electrons. The first kappa shape index (κ1) is 7.59. The van der Waals surface area contributed by atoms with Crippen LogP contribution in [0.25, 0.3) is 0 Å². The normalized spacial score (nSPS) is 23.2. The van der Waals surface area contributed by atoms with E-state index in [2.05, 4.69) is 4.99 Å². The van der Waals surface area contributed by atoms with E-state index in [1.807, 2.05) is 0 Å². The predicted octanol–water partition coefficient (Wildman–Crippen LogP) is 0.189. The second-order valence-electron chi connectivity index (χ2n) is 2.17. The fraction of sp³-hybridized carbons (Fsp3) is 0.333. The second kappa shape index (κ2) is 2.61. The summed E-state index contributed by atoms with van der Waals surface area (Å²) in [6.45, 7) is 1.61. The molecule has 0 radical (unpaired) electrons. The van der Waals surface area contributed by atoms with Crippen LogP contribution in [-0.4, -0.2) is 22.6 Å². The molecule has 0 aromatic rings. The van der Waals surface area contributed by atoms with Crippen molar-refractivity contribution in [3.8, 4) is 0 Å². The lowest BCUT2D eigenvalue weighted by atomic mass is 10.2. The molecule has 1 rings (SSSR count). The smallest absolute Gasteiger partial charge is 0.285 e. The van der Waals surface area contributed by atoms with Gasteiger partial charge in [-0.2, -0.15) is 0 Å². The molecule has 1 atom stereocenters. The molecular weight excluding hydrogens is 148 g/mol. The summed E-state index contributed by atoms with van der Waals surface area (Å²) in [5, 5.41) is 10.2. The number of hydrogen-bond acceptors (Lipinski definition) is 4. The molecule has 0 fully saturated rings. The molecule has 1 unspecified atom stereocenters. The summed E-state index contributed by atoms with van der Waals surface area (Å²) in [5.41, 5.74) is 0.506. The van der Waals surface area contributed by atoms with Crippen molar-refractivity contribution < 1.29 is 9.72 Å². The van der Waals surface area contributed by atoms with Crippen molar-refractivity contribution in [2.75, 3.05) is 0 Å². The van der Waals surface area contributed by atoms with Crippen molar-refractivity contribution in [1.82, 2.24) is 0 Å². The molecule has 0 spiro atoms. The average Bonchev–Trinajstić information content (AvgIpc) is 1.94. The molecule has 1 heterocycles. The minimum Gasteiger partial charge on any atom is -0.285 e. The number of carbonyl (C=O) groups is 1. The monoisotopic (exact) mass is 154 g/mol. The largest absolute Gasteiger partial charge is 0.366 e. The number of hydrogen-bond donors (Lipinski definition) is 0. The van der Waals surface area contributed by atoms with Gasteiger partial charge in [-0.25, -0.2) is 4.99 Å². The number of dihydropyridines is 1. The molecule has 0 saturated heterocycles. The third kappa shape index (κ3) is 1.49. The molecule has 11 heavy (non-hydrogen) atoms. The van der Waals surface area contributed by atoms with Crippen LogP contribution in [0, 0.1) is 10.1 Å². The van der Waals surface area contributed by atoms with Gasteiger partial charge in [-0.3, -0.25) is 14.9 Å². The SMILES string of the molecule is CC1=NC([N+](=O)[O-])C(=O)C=C1. The van der Waals surface area contributed by atoms with Crippen LogP contribution < -0.4 is 0 Å². The van der Waals surface area contributed by atoms with Crippen LogP contribution in [0.4, 0.5) is 0 Å². The minimum absolute atomic E-state index is 0.506. The van der Waals surface area contributed by atoms with Crippen LogP contribution in [-0.2, 0) is 4.79 Å². The van der Waals surface area contributed by atoms with Gasteiger partial charge in [0.1, 0.15) is 0 Å². The highest BCUT2D eigenvalue weighted by atomic mass is 16.6. The fourth-order valence-corrected chi connectivity index (χ4v) is 0.739. The van der Waals surface area contributed by atoms with Crippen LogP contribution >= 0.6 is 0 Å². The Morgan fingerprint density at radius 3 is 2.73 bits per heavy atom. The Kier molecular flexibility index (Phi) is 1.80. The van der Waals surface area contributed by atoms with E-state index < -0.39 is 16.9 Å². The van der Waals surface area contributed by atoms with E-state index in [0.29, 0.717) is 5.71 Å². The molecule has 5 nitrogen and oxygen atoms in total. The quantitative estimate of drug-likeness (QED) is 0.399. The zero-order valence-corrected chi connectivity index (χ0v) is 5.85.